The highest BCUT2D eigenvalue weighted by molar-refractivity contribution is 8.93. The summed E-state index contributed by atoms with van der Waals surface area (Å²) < 4.78 is 0. The number of hydrogen-bond donors (Lipinski definition) is 1. The van der Waals surface area contributed by atoms with Crippen LogP contribution in [-0.2, 0) is 0 Å². The zero-order chi connectivity index (χ0) is 19.1. The van der Waals surface area contributed by atoms with Gasteiger partial charge in [-0.3, -0.25) is 0 Å². The van der Waals surface area contributed by atoms with Crippen molar-refractivity contribution >= 4 is 17.0 Å². The van der Waals surface area contributed by atoms with Gasteiger partial charge in [0, 0.05) is 6.54 Å². The minimum Gasteiger partial charge on any atom is -0.327 e. The summed E-state index contributed by atoms with van der Waals surface area (Å²) >= 11 is 0. The fraction of sp³-hybridized carbons (Fsp3) is 0.917. The summed E-state index contributed by atoms with van der Waals surface area (Å²) in [5.41, 5.74) is 4.91. The third-order valence-electron chi connectivity index (χ3n) is 5.44. The molecule has 2 nitrogen and oxygen atoms in total. The molecule has 0 aliphatic carbocycles. The van der Waals surface area contributed by atoms with Crippen molar-refractivity contribution in [1.82, 2.24) is 4.90 Å². The van der Waals surface area contributed by atoms with Crippen LogP contribution in [0.3, 0.4) is 0 Å². The van der Waals surface area contributed by atoms with E-state index in [1.54, 1.807) is 6.08 Å². The minimum atomic E-state index is 0. The van der Waals surface area contributed by atoms with E-state index < -0.39 is 0 Å². The average molecular weight is 448 g/mol. The maximum absolute atomic E-state index is 4.91. The first-order chi connectivity index (χ1) is 12.8. The van der Waals surface area contributed by atoms with Gasteiger partial charge in [-0.1, -0.05) is 103 Å². The van der Waals surface area contributed by atoms with E-state index in [2.05, 4.69) is 18.4 Å². The van der Waals surface area contributed by atoms with Crippen LogP contribution in [0.5, 0.6) is 0 Å². The Kier molecular flexibility index (Phi) is 28.4. The third-order valence-corrected chi connectivity index (χ3v) is 5.44. The van der Waals surface area contributed by atoms with Gasteiger partial charge in [-0.25, -0.2) is 0 Å². The van der Waals surface area contributed by atoms with Crippen molar-refractivity contribution in [2.24, 2.45) is 5.73 Å². The molecule has 1 aliphatic rings. The number of likely N-dealkylation sites (tertiary alicyclic amines) is 1. The Balaban J connectivity index is 0. The zero-order valence-electron chi connectivity index (χ0n) is 18.6. The third kappa shape index (κ3) is 24.1. The molecule has 0 radical (unpaired) electrons. The summed E-state index contributed by atoms with van der Waals surface area (Å²) in [4.78, 5) is 2.68. The SMILES string of the molecule is Br.C=CCN.CCCCCCCCCCCCCCCCN1CCCCC1. The molecular weight excluding hydrogens is 396 g/mol. The summed E-state index contributed by atoms with van der Waals surface area (Å²) in [6.45, 7) is 10.4. The lowest BCUT2D eigenvalue weighted by Crippen LogP contribution is -2.30. The number of nitrogens with two attached hydrogens (primary N) is 1. The number of nitrogens with zero attached hydrogens (tertiary/aromatic N) is 1. The molecule has 3 heteroatoms. The van der Waals surface area contributed by atoms with Gasteiger partial charge >= 0.3 is 0 Å². The van der Waals surface area contributed by atoms with Crippen molar-refractivity contribution in [3.63, 3.8) is 0 Å². The van der Waals surface area contributed by atoms with Crippen LogP contribution < -0.4 is 5.73 Å². The second-order valence-corrected chi connectivity index (χ2v) is 8.02. The Morgan fingerprint density at radius 1 is 0.704 bits per heavy atom. The molecule has 0 aromatic heterocycles. The van der Waals surface area contributed by atoms with Crippen LogP contribution in [0, 0.1) is 0 Å². The fourth-order valence-corrected chi connectivity index (χ4v) is 3.71. The quantitative estimate of drug-likeness (QED) is 0.194. The predicted octanol–water partition coefficient (Wildman–Crippen LogP) is 7.66. The summed E-state index contributed by atoms with van der Waals surface area (Å²) in [5.74, 6) is 0. The van der Waals surface area contributed by atoms with Gasteiger partial charge in [0.25, 0.3) is 0 Å². The number of halogens is 1. The van der Waals surface area contributed by atoms with Gasteiger partial charge in [-0.05, 0) is 38.9 Å². The van der Waals surface area contributed by atoms with Crippen molar-refractivity contribution < 1.29 is 0 Å². The second kappa shape index (κ2) is 26.1. The molecule has 2 N–H and O–H groups in total. The first-order valence-electron chi connectivity index (χ1n) is 11.9. The predicted molar refractivity (Wildman–Crippen MR) is 130 cm³/mol. The van der Waals surface area contributed by atoms with Crippen molar-refractivity contribution in [2.45, 2.75) is 116 Å². The minimum absolute atomic E-state index is 0. The van der Waals surface area contributed by atoms with Crippen molar-refractivity contribution in [3.05, 3.63) is 12.7 Å². The number of unbranched alkanes of at least 4 members (excludes halogenated alkanes) is 13. The van der Waals surface area contributed by atoms with Gasteiger partial charge in [0.05, 0.1) is 0 Å². The standard InChI is InChI=1S/C21H43N.C3H7N.BrH/c1-2-3-4-5-6-7-8-9-10-11-12-13-14-16-19-22-20-17-15-18-21-22;1-2-3-4;/h2-21H2,1H3;2H,1,3-4H2;1H. The van der Waals surface area contributed by atoms with E-state index in [9.17, 15) is 0 Å². The Hall–Kier alpha value is 0.140. The van der Waals surface area contributed by atoms with Gasteiger partial charge in [0.1, 0.15) is 0 Å². The molecule has 1 fully saturated rings. The first-order valence-corrected chi connectivity index (χ1v) is 11.9. The summed E-state index contributed by atoms with van der Waals surface area (Å²) in [7, 11) is 0. The molecule has 0 atom stereocenters. The van der Waals surface area contributed by atoms with Gasteiger partial charge in [0.15, 0.2) is 0 Å². The smallest absolute Gasteiger partial charge is 0.0104 e. The lowest BCUT2D eigenvalue weighted by atomic mass is 10.0. The van der Waals surface area contributed by atoms with Crippen LogP contribution in [0.1, 0.15) is 116 Å². The fourth-order valence-electron chi connectivity index (χ4n) is 3.71. The maximum Gasteiger partial charge on any atom is 0.0104 e. The highest BCUT2D eigenvalue weighted by Crippen LogP contribution is 2.14. The monoisotopic (exact) mass is 446 g/mol. The Morgan fingerprint density at radius 3 is 1.44 bits per heavy atom. The molecule has 27 heavy (non-hydrogen) atoms. The van der Waals surface area contributed by atoms with Crippen LogP contribution >= 0.6 is 17.0 Å². The summed E-state index contributed by atoms with van der Waals surface area (Å²) in [6.07, 6.45) is 26.5. The van der Waals surface area contributed by atoms with Crippen LogP contribution in [0.2, 0.25) is 0 Å². The van der Waals surface area contributed by atoms with E-state index in [0.717, 1.165) is 0 Å². The summed E-state index contributed by atoms with van der Waals surface area (Å²) in [6, 6.07) is 0. The molecule has 0 spiro atoms. The first kappa shape index (κ1) is 29.3. The van der Waals surface area contributed by atoms with Crippen LogP contribution in [-0.4, -0.2) is 31.1 Å². The average Bonchev–Trinajstić information content (AvgIpc) is 2.69. The van der Waals surface area contributed by atoms with Crippen LogP contribution in [0.25, 0.3) is 0 Å². The van der Waals surface area contributed by atoms with Crippen LogP contribution in [0.15, 0.2) is 12.7 Å². The second-order valence-electron chi connectivity index (χ2n) is 8.02. The van der Waals surface area contributed by atoms with E-state index in [1.807, 2.05) is 0 Å². The highest BCUT2D eigenvalue weighted by Gasteiger charge is 2.08. The summed E-state index contributed by atoms with van der Waals surface area (Å²) in [5, 5.41) is 0. The van der Waals surface area contributed by atoms with E-state index in [1.165, 1.54) is 129 Å². The normalized spacial score (nSPS) is 14.1. The number of hydrogen-bond acceptors (Lipinski definition) is 2. The van der Waals surface area contributed by atoms with Crippen molar-refractivity contribution in [3.8, 4) is 0 Å². The van der Waals surface area contributed by atoms with Crippen LogP contribution in [0.4, 0.5) is 0 Å². The van der Waals surface area contributed by atoms with Crippen molar-refractivity contribution in [1.29, 1.82) is 0 Å². The number of piperidine rings is 1. The highest BCUT2D eigenvalue weighted by atomic mass is 79.9. The Bertz CT molecular complexity index is 265. The molecule has 1 heterocycles. The zero-order valence-corrected chi connectivity index (χ0v) is 20.3. The lowest BCUT2D eigenvalue weighted by molar-refractivity contribution is 0.224. The van der Waals surface area contributed by atoms with Gasteiger partial charge in [-0.15, -0.1) is 23.6 Å². The topological polar surface area (TPSA) is 29.3 Å². The molecule has 0 unspecified atom stereocenters. The molecule has 0 aromatic carbocycles. The molecule has 0 saturated carbocycles. The molecule has 0 bridgehead atoms. The van der Waals surface area contributed by atoms with E-state index in [4.69, 9.17) is 5.73 Å². The van der Waals surface area contributed by atoms with Gasteiger partial charge < -0.3 is 10.6 Å². The molecule has 0 amide bonds. The maximum atomic E-state index is 4.91. The van der Waals surface area contributed by atoms with Gasteiger partial charge in [-0.2, -0.15) is 0 Å². The van der Waals surface area contributed by atoms with E-state index in [-0.39, 0.29) is 17.0 Å². The van der Waals surface area contributed by atoms with Gasteiger partial charge in [0.2, 0.25) is 0 Å². The number of rotatable bonds is 16. The van der Waals surface area contributed by atoms with E-state index >= 15 is 0 Å². The van der Waals surface area contributed by atoms with Crippen molar-refractivity contribution in [2.75, 3.05) is 26.2 Å². The molecular formula is C24H51BrN2. The lowest BCUT2D eigenvalue weighted by Gasteiger charge is -2.26. The molecule has 164 valence electrons. The Morgan fingerprint density at radius 2 is 1.07 bits per heavy atom. The molecule has 1 saturated heterocycles. The largest absolute Gasteiger partial charge is 0.327 e. The Labute approximate surface area is 182 Å². The molecule has 0 aromatic rings. The molecule has 1 rings (SSSR count). The van der Waals surface area contributed by atoms with E-state index in [0.29, 0.717) is 6.54 Å². The molecule has 1 aliphatic heterocycles.